The molecule has 1 heterocycles. The molecule has 1 aliphatic heterocycles. The SMILES string of the molecule is CCCCN1C(=O)/C(=C/c2ccccc2Cl)SC1=S. The third-order valence-corrected chi connectivity index (χ3v) is 4.52. The number of amides is 1. The highest BCUT2D eigenvalue weighted by Crippen LogP contribution is 2.33. The van der Waals surface area contributed by atoms with Gasteiger partial charge in [-0.25, -0.2) is 0 Å². The Morgan fingerprint density at radius 3 is 2.84 bits per heavy atom. The van der Waals surface area contributed by atoms with Crippen molar-refractivity contribution in [3.8, 4) is 0 Å². The van der Waals surface area contributed by atoms with Crippen LogP contribution in [0.1, 0.15) is 25.3 Å². The minimum atomic E-state index is -0.0108. The van der Waals surface area contributed by atoms with Crippen LogP contribution in [0.2, 0.25) is 5.02 Å². The number of benzene rings is 1. The van der Waals surface area contributed by atoms with Crippen molar-refractivity contribution in [2.24, 2.45) is 0 Å². The minimum absolute atomic E-state index is 0.0108. The molecule has 0 saturated carbocycles. The number of unbranched alkanes of at least 4 members (excludes halogenated alkanes) is 1. The van der Waals surface area contributed by atoms with E-state index in [2.05, 4.69) is 6.92 Å². The van der Waals surface area contributed by atoms with Crippen molar-refractivity contribution in [3.63, 3.8) is 0 Å². The second-order valence-corrected chi connectivity index (χ2v) is 6.29. The highest BCUT2D eigenvalue weighted by Gasteiger charge is 2.31. The van der Waals surface area contributed by atoms with E-state index in [1.165, 1.54) is 11.8 Å². The maximum Gasteiger partial charge on any atom is 0.266 e. The number of thiocarbonyl (C=S) groups is 1. The summed E-state index contributed by atoms with van der Waals surface area (Å²) in [5, 5.41) is 0.640. The first kappa shape index (κ1) is 14.6. The largest absolute Gasteiger partial charge is 0.293 e. The summed E-state index contributed by atoms with van der Waals surface area (Å²) < 4.78 is 0.636. The molecule has 5 heteroatoms. The molecule has 2 rings (SSSR count). The number of carbonyl (C=O) groups excluding carboxylic acids is 1. The Labute approximate surface area is 127 Å². The number of hydrogen-bond acceptors (Lipinski definition) is 3. The number of nitrogens with zero attached hydrogens (tertiary/aromatic N) is 1. The van der Waals surface area contributed by atoms with Gasteiger partial charge in [0.1, 0.15) is 4.32 Å². The van der Waals surface area contributed by atoms with Gasteiger partial charge in [-0.05, 0) is 24.1 Å². The van der Waals surface area contributed by atoms with E-state index in [1.54, 1.807) is 4.90 Å². The molecule has 1 fully saturated rings. The Kier molecular flexibility index (Phi) is 5.02. The van der Waals surface area contributed by atoms with Gasteiger partial charge in [-0.1, -0.05) is 67.1 Å². The first-order valence-corrected chi connectivity index (χ1v) is 7.73. The lowest BCUT2D eigenvalue weighted by Gasteiger charge is -2.13. The first-order valence-electron chi connectivity index (χ1n) is 6.13. The van der Waals surface area contributed by atoms with E-state index < -0.39 is 0 Å². The van der Waals surface area contributed by atoms with Crippen LogP contribution in [0.5, 0.6) is 0 Å². The third-order valence-electron chi connectivity index (χ3n) is 2.80. The molecule has 1 amide bonds. The zero-order valence-electron chi connectivity index (χ0n) is 10.6. The molecule has 0 unspecified atom stereocenters. The molecular weight excluding hydrogens is 298 g/mol. The predicted octanol–water partition coefficient (Wildman–Crippen LogP) is 4.34. The predicted molar refractivity (Wildman–Crippen MR) is 86.2 cm³/mol. The standard InChI is InChI=1S/C14H14ClNOS2/c1-2-3-8-16-13(17)12(19-14(16)18)9-10-6-4-5-7-11(10)15/h4-7,9H,2-3,8H2,1H3/b12-9-. The van der Waals surface area contributed by atoms with Crippen LogP contribution in [-0.4, -0.2) is 21.7 Å². The fourth-order valence-corrected chi connectivity index (χ4v) is 3.23. The summed E-state index contributed by atoms with van der Waals surface area (Å²) in [5.74, 6) is -0.0108. The monoisotopic (exact) mass is 311 g/mol. The molecular formula is C14H14ClNOS2. The van der Waals surface area contributed by atoms with Gasteiger partial charge in [-0.15, -0.1) is 0 Å². The quantitative estimate of drug-likeness (QED) is 0.609. The van der Waals surface area contributed by atoms with Gasteiger partial charge < -0.3 is 0 Å². The lowest BCUT2D eigenvalue weighted by Crippen LogP contribution is -2.28. The number of thioether (sulfide) groups is 1. The van der Waals surface area contributed by atoms with Crippen molar-refractivity contribution in [1.29, 1.82) is 0 Å². The average Bonchev–Trinajstić information content (AvgIpc) is 2.65. The molecule has 0 N–H and O–H groups in total. The second-order valence-electron chi connectivity index (χ2n) is 4.21. The van der Waals surface area contributed by atoms with Crippen molar-refractivity contribution in [3.05, 3.63) is 39.8 Å². The highest BCUT2D eigenvalue weighted by molar-refractivity contribution is 8.26. The van der Waals surface area contributed by atoms with E-state index in [-0.39, 0.29) is 5.91 Å². The summed E-state index contributed by atoms with van der Waals surface area (Å²) in [6.45, 7) is 2.79. The Bertz CT molecular complexity index is 542. The third kappa shape index (κ3) is 3.38. The molecule has 100 valence electrons. The van der Waals surface area contributed by atoms with Gasteiger partial charge in [-0.3, -0.25) is 9.69 Å². The van der Waals surface area contributed by atoms with E-state index in [0.29, 0.717) is 20.8 Å². The maximum atomic E-state index is 12.2. The molecule has 19 heavy (non-hydrogen) atoms. The van der Waals surface area contributed by atoms with Gasteiger partial charge >= 0.3 is 0 Å². The van der Waals surface area contributed by atoms with Crippen molar-refractivity contribution in [1.82, 2.24) is 4.90 Å². The van der Waals surface area contributed by atoms with E-state index in [9.17, 15) is 4.79 Å². The maximum absolute atomic E-state index is 12.2. The molecule has 0 bridgehead atoms. The summed E-state index contributed by atoms with van der Waals surface area (Å²) in [5.41, 5.74) is 0.847. The number of hydrogen-bond donors (Lipinski definition) is 0. The van der Waals surface area contributed by atoms with Crippen LogP contribution >= 0.6 is 35.6 Å². The van der Waals surface area contributed by atoms with Gasteiger partial charge in [0.25, 0.3) is 5.91 Å². The van der Waals surface area contributed by atoms with Crippen LogP contribution in [0.15, 0.2) is 29.2 Å². The zero-order valence-corrected chi connectivity index (χ0v) is 12.9. The number of halogens is 1. The molecule has 0 aromatic heterocycles. The van der Waals surface area contributed by atoms with Crippen LogP contribution in [0, 0.1) is 0 Å². The van der Waals surface area contributed by atoms with Gasteiger partial charge in [0.05, 0.1) is 4.91 Å². The van der Waals surface area contributed by atoms with Crippen LogP contribution in [0.4, 0.5) is 0 Å². The van der Waals surface area contributed by atoms with Gasteiger partial charge in [0.15, 0.2) is 0 Å². The van der Waals surface area contributed by atoms with Crippen LogP contribution in [-0.2, 0) is 4.79 Å². The molecule has 1 aromatic rings. The highest BCUT2D eigenvalue weighted by atomic mass is 35.5. The van der Waals surface area contributed by atoms with Gasteiger partial charge in [-0.2, -0.15) is 0 Å². The summed E-state index contributed by atoms with van der Waals surface area (Å²) >= 11 is 12.7. The van der Waals surface area contributed by atoms with E-state index in [0.717, 1.165) is 18.4 Å². The van der Waals surface area contributed by atoms with Crippen molar-refractivity contribution in [2.75, 3.05) is 6.54 Å². The second kappa shape index (κ2) is 6.55. The van der Waals surface area contributed by atoms with E-state index in [4.69, 9.17) is 23.8 Å². The molecule has 0 aliphatic carbocycles. The number of carbonyl (C=O) groups is 1. The minimum Gasteiger partial charge on any atom is -0.293 e. The van der Waals surface area contributed by atoms with E-state index >= 15 is 0 Å². The smallest absolute Gasteiger partial charge is 0.266 e. The molecule has 0 spiro atoms. The Balaban J connectivity index is 2.21. The topological polar surface area (TPSA) is 20.3 Å². The lowest BCUT2D eigenvalue weighted by atomic mass is 10.2. The fraction of sp³-hybridized carbons (Fsp3) is 0.286. The molecule has 2 nitrogen and oxygen atoms in total. The van der Waals surface area contributed by atoms with Crippen LogP contribution in [0.3, 0.4) is 0 Å². The zero-order chi connectivity index (χ0) is 13.8. The number of rotatable bonds is 4. The summed E-state index contributed by atoms with van der Waals surface area (Å²) in [7, 11) is 0. The van der Waals surface area contributed by atoms with Crippen molar-refractivity contribution in [2.45, 2.75) is 19.8 Å². The summed E-state index contributed by atoms with van der Waals surface area (Å²) in [4.78, 5) is 14.6. The molecule has 1 aromatic carbocycles. The fourth-order valence-electron chi connectivity index (χ4n) is 1.74. The summed E-state index contributed by atoms with van der Waals surface area (Å²) in [6, 6.07) is 7.47. The van der Waals surface area contributed by atoms with Crippen molar-refractivity contribution >= 4 is 51.9 Å². The normalized spacial score (nSPS) is 17.6. The van der Waals surface area contributed by atoms with Crippen molar-refractivity contribution < 1.29 is 4.79 Å². The van der Waals surface area contributed by atoms with E-state index in [1.807, 2.05) is 30.3 Å². The molecule has 1 aliphatic rings. The first-order chi connectivity index (χ1) is 9.13. The molecule has 1 saturated heterocycles. The average molecular weight is 312 g/mol. The Morgan fingerprint density at radius 1 is 1.42 bits per heavy atom. The van der Waals surface area contributed by atoms with Gasteiger partial charge in [0.2, 0.25) is 0 Å². The Morgan fingerprint density at radius 2 is 2.16 bits per heavy atom. The molecule has 0 atom stereocenters. The lowest BCUT2D eigenvalue weighted by molar-refractivity contribution is -0.122. The van der Waals surface area contributed by atoms with Crippen LogP contribution in [0.25, 0.3) is 6.08 Å². The van der Waals surface area contributed by atoms with Crippen LogP contribution < -0.4 is 0 Å². The van der Waals surface area contributed by atoms with Gasteiger partial charge in [0, 0.05) is 11.6 Å². The summed E-state index contributed by atoms with van der Waals surface area (Å²) in [6.07, 6.45) is 3.82. The molecule has 0 radical (unpaired) electrons. The Hall–Kier alpha value is -0.840.